The molecule has 3 nitrogen and oxygen atoms in total. The molecular weight excluding hydrogens is 411 g/mol. The molecule has 0 aliphatic rings. The van der Waals surface area contributed by atoms with Gasteiger partial charge < -0.3 is 0 Å². The van der Waals surface area contributed by atoms with Crippen LogP contribution in [0.3, 0.4) is 0 Å². The molecule has 0 aliphatic heterocycles. The third kappa shape index (κ3) is 4.38. The molecule has 0 aliphatic carbocycles. The minimum Gasteiger partial charge on any atom is -0.298 e. The second-order valence-electron chi connectivity index (χ2n) is 5.63. The monoisotopic (exact) mass is 424 g/mol. The number of nitrogens with one attached hydrogen (secondary N) is 1. The summed E-state index contributed by atoms with van der Waals surface area (Å²) in [6.45, 7) is 2.10. The van der Waals surface area contributed by atoms with Crippen molar-refractivity contribution in [3.8, 4) is 11.3 Å². The van der Waals surface area contributed by atoms with Crippen molar-refractivity contribution in [1.29, 1.82) is 0 Å². The van der Waals surface area contributed by atoms with Crippen LogP contribution in [0.15, 0.2) is 42.5 Å². The topological polar surface area (TPSA) is 42.0 Å². The van der Waals surface area contributed by atoms with Gasteiger partial charge in [-0.15, -0.1) is 11.3 Å². The van der Waals surface area contributed by atoms with Crippen molar-refractivity contribution < 1.29 is 4.79 Å². The minimum absolute atomic E-state index is 0.245. The zero-order chi connectivity index (χ0) is 18.7. The molecule has 0 saturated carbocycles. The molecule has 2 aromatic carbocycles. The van der Waals surface area contributed by atoms with Crippen LogP contribution in [0.5, 0.6) is 0 Å². The second kappa shape index (κ2) is 8.40. The highest BCUT2D eigenvalue weighted by Crippen LogP contribution is 2.35. The van der Waals surface area contributed by atoms with E-state index in [1.807, 2.05) is 6.07 Å². The molecule has 0 saturated heterocycles. The van der Waals surface area contributed by atoms with Gasteiger partial charge in [-0.3, -0.25) is 10.1 Å². The molecule has 0 spiro atoms. The van der Waals surface area contributed by atoms with Gasteiger partial charge in [0, 0.05) is 21.0 Å². The van der Waals surface area contributed by atoms with E-state index in [9.17, 15) is 4.79 Å². The largest absolute Gasteiger partial charge is 0.298 e. The lowest BCUT2D eigenvalue weighted by Crippen LogP contribution is -2.11. The molecule has 134 valence electrons. The van der Waals surface area contributed by atoms with Crippen LogP contribution in [0, 0.1) is 0 Å². The van der Waals surface area contributed by atoms with Crippen LogP contribution in [0.1, 0.15) is 28.6 Å². The van der Waals surface area contributed by atoms with Crippen LogP contribution in [0.25, 0.3) is 11.3 Å². The van der Waals surface area contributed by atoms with E-state index in [2.05, 4.69) is 17.2 Å². The maximum Gasteiger partial charge on any atom is 0.257 e. The van der Waals surface area contributed by atoms with Crippen LogP contribution < -0.4 is 5.32 Å². The first-order valence-corrected chi connectivity index (χ1v) is 9.95. The number of amides is 1. The van der Waals surface area contributed by atoms with Gasteiger partial charge in [0.15, 0.2) is 5.13 Å². The molecule has 3 aromatic rings. The number of aromatic nitrogens is 1. The lowest BCUT2D eigenvalue weighted by Gasteiger charge is -2.03. The van der Waals surface area contributed by atoms with E-state index >= 15 is 0 Å². The quantitative estimate of drug-likeness (QED) is 0.479. The number of rotatable bonds is 5. The van der Waals surface area contributed by atoms with E-state index in [0.29, 0.717) is 25.8 Å². The van der Waals surface area contributed by atoms with Crippen LogP contribution in [0.4, 0.5) is 5.13 Å². The average Bonchev–Trinajstić information content (AvgIpc) is 3.00. The smallest absolute Gasteiger partial charge is 0.257 e. The number of anilines is 1. The van der Waals surface area contributed by atoms with Gasteiger partial charge in [0.1, 0.15) is 0 Å². The lowest BCUT2D eigenvalue weighted by atomic mass is 10.1. The van der Waals surface area contributed by atoms with Gasteiger partial charge in [-0.05, 0) is 36.8 Å². The van der Waals surface area contributed by atoms with Crippen molar-refractivity contribution in [3.63, 3.8) is 0 Å². The number of hydrogen-bond donors (Lipinski definition) is 1. The highest BCUT2D eigenvalue weighted by molar-refractivity contribution is 7.16. The summed E-state index contributed by atoms with van der Waals surface area (Å²) >= 11 is 19.6. The summed E-state index contributed by atoms with van der Waals surface area (Å²) in [5, 5.41) is 4.88. The van der Waals surface area contributed by atoms with Gasteiger partial charge in [-0.2, -0.15) is 0 Å². The molecule has 1 N–H and O–H groups in total. The van der Waals surface area contributed by atoms with E-state index in [0.717, 1.165) is 29.0 Å². The number of nitrogens with zero attached hydrogens (tertiary/aromatic N) is 1. The Labute approximate surface area is 170 Å². The van der Waals surface area contributed by atoms with Crippen LogP contribution in [-0.4, -0.2) is 10.9 Å². The summed E-state index contributed by atoms with van der Waals surface area (Å²) in [7, 11) is 0. The predicted octanol–water partition coefficient (Wildman–Crippen LogP) is 6.98. The maximum atomic E-state index is 12.4. The fourth-order valence-electron chi connectivity index (χ4n) is 2.47. The van der Waals surface area contributed by atoms with E-state index in [4.69, 9.17) is 34.8 Å². The van der Waals surface area contributed by atoms with E-state index < -0.39 is 0 Å². The Morgan fingerprint density at radius 3 is 2.62 bits per heavy atom. The molecule has 0 bridgehead atoms. The van der Waals surface area contributed by atoms with Crippen molar-refractivity contribution in [2.24, 2.45) is 0 Å². The molecule has 7 heteroatoms. The minimum atomic E-state index is -0.245. The zero-order valence-corrected chi connectivity index (χ0v) is 16.9. The van der Waals surface area contributed by atoms with Crippen molar-refractivity contribution in [2.75, 3.05) is 5.32 Å². The number of aryl methyl sites for hydroxylation is 1. The summed E-state index contributed by atoms with van der Waals surface area (Å²) in [5.41, 5.74) is 2.18. The second-order valence-corrected chi connectivity index (χ2v) is 7.97. The Morgan fingerprint density at radius 2 is 1.92 bits per heavy atom. The fourth-order valence-corrected chi connectivity index (χ4v) is 4.04. The first kappa shape index (κ1) is 19.2. The lowest BCUT2D eigenvalue weighted by molar-refractivity contribution is 0.102. The van der Waals surface area contributed by atoms with Gasteiger partial charge in [-0.1, -0.05) is 60.3 Å². The average molecular weight is 426 g/mol. The summed E-state index contributed by atoms with van der Waals surface area (Å²) in [4.78, 5) is 18.1. The standard InChI is InChI=1S/C19H15Cl3N2OS/c1-2-4-16-17(11-7-8-14(21)15(22)10-11)23-19(26-16)24-18(25)12-5-3-6-13(20)9-12/h3,5-10H,2,4H2,1H3,(H,23,24,25). The van der Waals surface area contributed by atoms with E-state index in [1.165, 1.54) is 11.3 Å². The number of hydrogen-bond acceptors (Lipinski definition) is 3. The Morgan fingerprint density at radius 1 is 1.12 bits per heavy atom. The normalized spacial score (nSPS) is 10.8. The maximum absolute atomic E-state index is 12.4. The molecular formula is C19H15Cl3N2OS. The van der Waals surface area contributed by atoms with Gasteiger partial charge in [0.25, 0.3) is 5.91 Å². The summed E-state index contributed by atoms with van der Waals surface area (Å²) in [6, 6.07) is 12.2. The summed E-state index contributed by atoms with van der Waals surface area (Å²) in [6.07, 6.45) is 1.83. The van der Waals surface area contributed by atoms with Crippen LogP contribution >= 0.6 is 46.1 Å². The number of halogens is 3. The zero-order valence-electron chi connectivity index (χ0n) is 13.9. The first-order chi connectivity index (χ1) is 12.5. The third-order valence-electron chi connectivity index (χ3n) is 3.67. The molecule has 0 unspecified atom stereocenters. The van der Waals surface area contributed by atoms with Gasteiger partial charge in [0.05, 0.1) is 15.7 Å². The predicted molar refractivity (Wildman–Crippen MR) is 111 cm³/mol. The molecule has 1 amide bonds. The molecule has 0 atom stereocenters. The Hall–Kier alpha value is -1.59. The van der Waals surface area contributed by atoms with Crippen LogP contribution in [-0.2, 0) is 6.42 Å². The van der Waals surface area contributed by atoms with Crippen molar-refractivity contribution >= 4 is 57.2 Å². The molecule has 1 aromatic heterocycles. The molecule has 26 heavy (non-hydrogen) atoms. The molecule has 1 heterocycles. The van der Waals surface area contributed by atoms with E-state index in [1.54, 1.807) is 36.4 Å². The van der Waals surface area contributed by atoms with Gasteiger partial charge in [0.2, 0.25) is 0 Å². The Balaban J connectivity index is 1.91. The highest BCUT2D eigenvalue weighted by atomic mass is 35.5. The first-order valence-electron chi connectivity index (χ1n) is 8.00. The molecule has 0 radical (unpaired) electrons. The number of carbonyl (C=O) groups is 1. The van der Waals surface area contributed by atoms with Crippen molar-refractivity contribution in [1.82, 2.24) is 4.98 Å². The molecule has 3 rings (SSSR count). The number of benzene rings is 2. The molecule has 0 fully saturated rings. The highest BCUT2D eigenvalue weighted by Gasteiger charge is 2.16. The third-order valence-corrected chi connectivity index (χ3v) is 5.68. The SMILES string of the molecule is CCCc1sc(NC(=O)c2cccc(Cl)c2)nc1-c1ccc(Cl)c(Cl)c1. The van der Waals surface area contributed by atoms with Crippen molar-refractivity contribution in [3.05, 3.63) is 68.0 Å². The van der Waals surface area contributed by atoms with Gasteiger partial charge in [-0.25, -0.2) is 4.98 Å². The fraction of sp³-hybridized carbons (Fsp3) is 0.158. The van der Waals surface area contributed by atoms with Crippen LogP contribution in [0.2, 0.25) is 15.1 Å². The number of thiazole rings is 1. The van der Waals surface area contributed by atoms with Gasteiger partial charge >= 0.3 is 0 Å². The van der Waals surface area contributed by atoms with Crippen molar-refractivity contribution in [2.45, 2.75) is 19.8 Å². The summed E-state index contributed by atoms with van der Waals surface area (Å²) < 4.78 is 0. The number of carbonyl (C=O) groups excluding carboxylic acids is 1. The summed E-state index contributed by atoms with van der Waals surface area (Å²) in [5.74, 6) is -0.245. The van der Waals surface area contributed by atoms with E-state index in [-0.39, 0.29) is 5.91 Å². The Bertz CT molecular complexity index is 956. The Kier molecular flexibility index (Phi) is 6.20.